The van der Waals surface area contributed by atoms with E-state index in [0.29, 0.717) is 31.1 Å². The number of hydrogen-bond acceptors (Lipinski definition) is 8. The number of aliphatic hydroxyl groups excluding tert-OH is 2. The second kappa shape index (κ2) is 11.0. The molecule has 0 aromatic carbocycles. The number of hydrogen-bond donors (Lipinski definition) is 4. The molecule has 1 amide bonds. The van der Waals surface area contributed by atoms with Crippen molar-refractivity contribution in [1.82, 2.24) is 10.2 Å². The van der Waals surface area contributed by atoms with E-state index in [1.54, 1.807) is 19.8 Å². The minimum Gasteiger partial charge on any atom is -0.446 e. The lowest BCUT2D eigenvalue weighted by atomic mass is 9.41. The van der Waals surface area contributed by atoms with E-state index in [2.05, 4.69) is 44.8 Å². The van der Waals surface area contributed by atoms with Gasteiger partial charge in [0.15, 0.2) is 0 Å². The summed E-state index contributed by atoms with van der Waals surface area (Å²) in [5.74, 6) is 2.31. The summed E-state index contributed by atoms with van der Waals surface area (Å²) in [4.78, 5) is 15.3. The van der Waals surface area contributed by atoms with Crippen LogP contribution in [-0.4, -0.2) is 89.6 Å². The number of alkyl carbamates (subject to hydrolysis) is 1. The van der Waals surface area contributed by atoms with Crippen molar-refractivity contribution in [1.29, 1.82) is 0 Å². The molecule has 4 N–H and O–H groups in total. The molecule has 7 rings (SSSR count). The molecule has 259 valence electrons. The van der Waals surface area contributed by atoms with Gasteiger partial charge in [-0.1, -0.05) is 34.6 Å². The van der Waals surface area contributed by atoms with Gasteiger partial charge in [0.05, 0.1) is 24.9 Å². The predicted molar refractivity (Wildman–Crippen MR) is 173 cm³/mol. The minimum absolute atomic E-state index is 0.102. The van der Waals surface area contributed by atoms with Crippen LogP contribution in [0.2, 0.25) is 0 Å². The van der Waals surface area contributed by atoms with E-state index in [1.165, 1.54) is 6.42 Å². The molecule has 2 saturated heterocycles. The Balaban J connectivity index is 1.07. The molecular formula is C37H59N2O7. The highest BCUT2D eigenvalue weighted by Crippen LogP contribution is 2.90. The number of morpholine rings is 1. The molecule has 5 saturated carbocycles. The fraction of sp³-hybridized carbons (Fsp3) is 0.892. The Morgan fingerprint density at radius 1 is 1.13 bits per heavy atom. The van der Waals surface area contributed by atoms with Crippen molar-refractivity contribution in [3.8, 4) is 0 Å². The lowest BCUT2D eigenvalue weighted by Gasteiger charge is -2.63. The van der Waals surface area contributed by atoms with Crippen molar-refractivity contribution in [3.63, 3.8) is 0 Å². The molecule has 0 aromatic rings. The van der Waals surface area contributed by atoms with Crippen LogP contribution in [0.5, 0.6) is 0 Å². The Bertz CT molecular complexity index is 1180. The topological polar surface area (TPSA) is 121 Å². The highest BCUT2D eigenvalue weighted by atomic mass is 16.6. The van der Waals surface area contributed by atoms with Crippen LogP contribution in [0, 0.1) is 63.0 Å². The summed E-state index contributed by atoms with van der Waals surface area (Å²) in [6.07, 6.45) is 6.82. The first-order chi connectivity index (χ1) is 21.5. The van der Waals surface area contributed by atoms with Crippen LogP contribution in [0.25, 0.3) is 0 Å². The molecule has 7 fully saturated rings. The van der Waals surface area contributed by atoms with Crippen molar-refractivity contribution in [2.45, 2.75) is 124 Å². The van der Waals surface area contributed by atoms with E-state index in [9.17, 15) is 20.1 Å². The Morgan fingerprint density at radius 3 is 2.54 bits per heavy atom. The quantitative estimate of drug-likeness (QED) is 0.331. The second-order valence-corrected chi connectivity index (χ2v) is 17.8. The average molecular weight is 644 g/mol. The third-order valence-electron chi connectivity index (χ3n) is 15.0. The van der Waals surface area contributed by atoms with Crippen LogP contribution in [-0.2, 0) is 14.2 Å². The lowest BCUT2D eigenvalue weighted by molar-refractivity contribution is -0.126. The third kappa shape index (κ3) is 4.57. The van der Waals surface area contributed by atoms with Gasteiger partial charge in [-0.05, 0) is 99.2 Å². The van der Waals surface area contributed by atoms with Gasteiger partial charge in [-0.25, -0.2) is 4.79 Å². The molecule has 9 heteroatoms. The number of aliphatic hydroxyl groups is 3. The molecule has 3 radical (unpaired) electrons. The summed E-state index contributed by atoms with van der Waals surface area (Å²) >= 11 is 0. The van der Waals surface area contributed by atoms with Crippen LogP contribution in [0.4, 0.5) is 4.79 Å². The average Bonchev–Trinajstić information content (AvgIpc) is 3.63. The van der Waals surface area contributed by atoms with E-state index in [4.69, 9.17) is 14.2 Å². The van der Waals surface area contributed by atoms with Crippen molar-refractivity contribution >= 4 is 6.09 Å². The van der Waals surface area contributed by atoms with Crippen LogP contribution in [0.15, 0.2) is 0 Å². The molecule has 9 nitrogen and oxygen atoms in total. The van der Waals surface area contributed by atoms with E-state index in [-0.39, 0.29) is 45.7 Å². The molecule has 10 atom stereocenters. The number of nitrogens with one attached hydrogen (secondary N) is 1. The largest absolute Gasteiger partial charge is 0.446 e. The van der Waals surface area contributed by atoms with Gasteiger partial charge in [-0.2, -0.15) is 0 Å². The first-order valence-corrected chi connectivity index (χ1v) is 18.1. The fourth-order valence-corrected chi connectivity index (χ4v) is 12.5. The van der Waals surface area contributed by atoms with Gasteiger partial charge in [0.25, 0.3) is 0 Å². The molecule has 1 unspecified atom stereocenters. The van der Waals surface area contributed by atoms with E-state index >= 15 is 0 Å². The van der Waals surface area contributed by atoms with Gasteiger partial charge in [0, 0.05) is 42.9 Å². The maximum absolute atomic E-state index is 13.0. The monoisotopic (exact) mass is 643 g/mol. The zero-order valence-corrected chi connectivity index (χ0v) is 29.3. The SMILES string of the molecule is C[C@@H]1C[C]([C@H](O)C(C)(C)O)O[C]2[C@H]1[C@@]1(C)CC[C@@]34C[C@@]35CCC(OC(=O)NCCN3CCOCC3)C(C)(C)[C@@H]5CC[C]4[C@]1(C)[C@H]2O. The second-order valence-electron chi connectivity index (χ2n) is 17.8. The normalized spacial score (nSPS) is 46.7. The summed E-state index contributed by atoms with van der Waals surface area (Å²) < 4.78 is 18.1. The summed E-state index contributed by atoms with van der Waals surface area (Å²) in [5, 5.41) is 36.9. The number of carbonyl (C=O) groups is 1. The number of fused-ring (bicyclic) bond motifs is 4. The number of carbonyl (C=O) groups excluding carboxylic acids is 1. The zero-order valence-electron chi connectivity index (χ0n) is 29.3. The Hall–Kier alpha value is -0.970. The van der Waals surface area contributed by atoms with E-state index in [0.717, 1.165) is 71.4 Å². The first kappa shape index (κ1) is 33.5. The van der Waals surface area contributed by atoms with Crippen LogP contribution >= 0.6 is 0 Å². The molecule has 2 aliphatic heterocycles. The number of nitrogens with zero attached hydrogens (tertiary/aromatic N) is 1. The van der Waals surface area contributed by atoms with Crippen molar-refractivity contribution < 1.29 is 34.3 Å². The van der Waals surface area contributed by atoms with Gasteiger partial charge < -0.3 is 34.8 Å². The standard InChI is InChI=1S/C37H59N2O7/c1-22-20-23(29(40)33(4,5)43)45-28-27(22)34(6)12-13-37-21-36(37)11-10-26(46-31(42)38-14-15-39-16-18-44-19-17-39)32(2,3)24(36)8-9-25(37)35(34,7)30(28)41/h22,24,26-27,29-30,40-41,43H,8-21H2,1-7H3,(H,38,42)/t22-,24+,26?,27+,29+,30+,34-,35-,36-,37+/m1/s1. The molecule has 0 bridgehead atoms. The Labute approximate surface area is 276 Å². The zero-order chi connectivity index (χ0) is 33.1. The highest BCUT2D eigenvalue weighted by molar-refractivity contribution is 5.67. The summed E-state index contributed by atoms with van der Waals surface area (Å²) in [7, 11) is 0. The molecule has 0 aromatic heterocycles. The van der Waals surface area contributed by atoms with Crippen LogP contribution in [0.1, 0.15) is 99.8 Å². The number of amides is 1. The summed E-state index contributed by atoms with van der Waals surface area (Å²) in [5.41, 5.74) is -1.70. The molecule has 46 heavy (non-hydrogen) atoms. The molecule has 5 aliphatic carbocycles. The van der Waals surface area contributed by atoms with Crippen LogP contribution in [0.3, 0.4) is 0 Å². The number of rotatable bonds is 6. The van der Waals surface area contributed by atoms with Crippen molar-refractivity contribution in [3.05, 3.63) is 18.1 Å². The summed E-state index contributed by atoms with van der Waals surface area (Å²) in [6, 6.07) is 0. The Kier molecular flexibility index (Phi) is 8.03. The maximum Gasteiger partial charge on any atom is 0.407 e. The minimum atomic E-state index is -1.32. The molecular weight excluding hydrogens is 584 g/mol. The number of ether oxygens (including phenoxy) is 3. The van der Waals surface area contributed by atoms with E-state index in [1.807, 2.05) is 0 Å². The molecule has 7 aliphatic rings. The van der Waals surface area contributed by atoms with E-state index < -0.39 is 23.2 Å². The smallest absolute Gasteiger partial charge is 0.407 e. The first-order valence-electron chi connectivity index (χ1n) is 18.1. The maximum atomic E-state index is 13.0. The third-order valence-corrected chi connectivity index (χ3v) is 15.0. The van der Waals surface area contributed by atoms with Gasteiger partial charge in [-0.15, -0.1) is 0 Å². The fourth-order valence-electron chi connectivity index (χ4n) is 12.5. The van der Waals surface area contributed by atoms with Crippen molar-refractivity contribution in [2.24, 2.45) is 44.8 Å². The summed E-state index contributed by atoms with van der Waals surface area (Å²) in [6.45, 7) is 19.5. The molecule has 2 heterocycles. The predicted octanol–water partition coefficient (Wildman–Crippen LogP) is 4.64. The van der Waals surface area contributed by atoms with Crippen molar-refractivity contribution in [2.75, 3.05) is 39.4 Å². The lowest BCUT2D eigenvalue weighted by Crippen LogP contribution is -2.59. The van der Waals surface area contributed by atoms with Gasteiger partial charge in [-0.3, -0.25) is 4.90 Å². The van der Waals surface area contributed by atoms with Gasteiger partial charge in [0.1, 0.15) is 24.4 Å². The molecule has 2 spiro atoms. The van der Waals surface area contributed by atoms with Crippen LogP contribution < -0.4 is 5.32 Å². The van der Waals surface area contributed by atoms with Gasteiger partial charge in [0.2, 0.25) is 0 Å². The Morgan fingerprint density at radius 2 is 1.85 bits per heavy atom. The highest BCUT2D eigenvalue weighted by Gasteiger charge is 2.85. The van der Waals surface area contributed by atoms with Gasteiger partial charge >= 0.3 is 6.09 Å².